The Balaban J connectivity index is 2.16. The van der Waals surface area contributed by atoms with Gasteiger partial charge in [-0.05, 0) is 28.1 Å². The van der Waals surface area contributed by atoms with Gasteiger partial charge >= 0.3 is 0 Å². The van der Waals surface area contributed by atoms with E-state index in [9.17, 15) is 0 Å². The summed E-state index contributed by atoms with van der Waals surface area (Å²) in [4.78, 5) is 8.78. The average molecular weight is 303 g/mol. The first-order chi connectivity index (χ1) is 8.76. The topological polar surface area (TPSA) is 38.9 Å². The highest BCUT2D eigenvalue weighted by Crippen LogP contribution is 2.27. The molecule has 0 aliphatic rings. The standard InChI is InChI=1S/C14H11BrN2O/c1-2-14-16-10(8-13(15)17-14)12-7-9-5-3-4-6-11(9)18-12/h3-8H,2H2,1H3. The predicted octanol–water partition coefficient (Wildman–Crippen LogP) is 4.21. The van der Waals surface area contributed by atoms with E-state index in [2.05, 4.69) is 25.9 Å². The van der Waals surface area contributed by atoms with Crippen LogP contribution in [0.4, 0.5) is 0 Å². The van der Waals surface area contributed by atoms with Crippen molar-refractivity contribution in [3.05, 3.63) is 46.8 Å². The smallest absolute Gasteiger partial charge is 0.153 e. The molecule has 0 unspecified atom stereocenters. The Labute approximate surface area is 113 Å². The van der Waals surface area contributed by atoms with E-state index in [1.807, 2.05) is 43.3 Å². The number of halogens is 1. The van der Waals surface area contributed by atoms with Crippen LogP contribution in [-0.4, -0.2) is 9.97 Å². The number of hydrogen-bond donors (Lipinski definition) is 0. The van der Waals surface area contributed by atoms with Gasteiger partial charge in [-0.1, -0.05) is 25.1 Å². The molecule has 3 rings (SSSR count). The van der Waals surface area contributed by atoms with Gasteiger partial charge in [0.15, 0.2) is 5.76 Å². The van der Waals surface area contributed by atoms with Crippen molar-refractivity contribution in [3.63, 3.8) is 0 Å². The van der Waals surface area contributed by atoms with Gasteiger partial charge in [-0.25, -0.2) is 9.97 Å². The van der Waals surface area contributed by atoms with Crippen molar-refractivity contribution in [3.8, 4) is 11.5 Å². The molecular weight excluding hydrogens is 292 g/mol. The van der Waals surface area contributed by atoms with Gasteiger partial charge in [0.25, 0.3) is 0 Å². The number of aromatic nitrogens is 2. The number of aryl methyl sites for hydroxylation is 1. The molecule has 0 amide bonds. The molecule has 0 aliphatic heterocycles. The number of fused-ring (bicyclic) bond motifs is 1. The molecule has 2 aromatic heterocycles. The number of hydrogen-bond acceptors (Lipinski definition) is 3. The summed E-state index contributed by atoms with van der Waals surface area (Å²) in [6, 6.07) is 11.8. The molecule has 90 valence electrons. The van der Waals surface area contributed by atoms with Crippen molar-refractivity contribution in [2.24, 2.45) is 0 Å². The van der Waals surface area contributed by atoms with Gasteiger partial charge in [0.05, 0.1) is 0 Å². The van der Waals surface area contributed by atoms with Crippen molar-refractivity contribution in [2.75, 3.05) is 0 Å². The fourth-order valence-electron chi connectivity index (χ4n) is 1.86. The van der Waals surface area contributed by atoms with Crippen LogP contribution in [0.1, 0.15) is 12.7 Å². The molecule has 0 spiro atoms. The quantitative estimate of drug-likeness (QED) is 0.666. The fourth-order valence-corrected chi connectivity index (χ4v) is 2.28. The van der Waals surface area contributed by atoms with E-state index in [0.29, 0.717) is 0 Å². The third kappa shape index (κ3) is 2.04. The van der Waals surface area contributed by atoms with Crippen molar-refractivity contribution in [2.45, 2.75) is 13.3 Å². The molecule has 0 N–H and O–H groups in total. The van der Waals surface area contributed by atoms with Gasteiger partial charge in [0, 0.05) is 17.9 Å². The van der Waals surface area contributed by atoms with E-state index in [4.69, 9.17) is 4.42 Å². The first-order valence-corrected chi connectivity index (χ1v) is 6.58. The molecule has 0 fully saturated rings. The summed E-state index contributed by atoms with van der Waals surface area (Å²) in [7, 11) is 0. The number of furan rings is 1. The van der Waals surface area contributed by atoms with Gasteiger partial charge in [-0.3, -0.25) is 0 Å². The fraction of sp³-hybridized carbons (Fsp3) is 0.143. The zero-order valence-corrected chi connectivity index (χ0v) is 11.4. The third-order valence-electron chi connectivity index (χ3n) is 2.74. The molecule has 18 heavy (non-hydrogen) atoms. The summed E-state index contributed by atoms with van der Waals surface area (Å²) < 4.78 is 6.58. The first-order valence-electron chi connectivity index (χ1n) is 5.78. The van der Waals surface area contributed by atoms with E-state index in [0.717, 1.165) is 39.3 Å². The highest BCUT2D eigenvalue weighted by Gasteiger charge is 2.09. The Kier molecular flexibility index (Phi) is 2.88. The number of benzene rings is 1. The van der Waals surface area contributed by atoms with Gasteiger partial charge < -0.3 is 4.42 Å². The molecule has 0 saturated heterocycles. The Morgan fingerprint density at radius 3 is 2.78 bits per heavy atom. The van der Waals surface area contributed by atoms with Crippen LogP contribution in [0.25, 0.3) is 22.4 Å². The van der Waals surface area contributed by atoms with Gasteiger partial charge in [0.2, 0.25) is 0 Å². The molecule has 0 atom stereocenters. The van der Waals surface area contributed by atoms with E-state index in [-0.39, 0.29) is 0 Å². The molecule has 4 heteroatoms. The van der Waals surface area contributed by atoms with Crippen LogP contribution in [0.3, 0.4) is 0 Å². The first kappa shape index (κ1) is 11.4. The molecule has 0 bridgehead atoms. The Morgan fingerprint density at radius 2 is 2.00 bits per heavy atom. The lowest BCUT2D eigenvalue weighted by Crippen LogP contribution is -1.94. The summed E-state index contributed by atoms with van der Waals surface area (Å²) in [5.74, 6) is 1.58. The third-order valence-corrected chi connectivity index (χ3v) is 3.14. The highest BCUT2D eigenvalue weighted by molar-refractivity contribution is 9.10. The van der Waals surface area contributed by atoms with Crippen molar-refractivity contribution >= 4 is 26.9 Å². The van der Waals surface area contributed by atoms with Crippen LogP contribution in [0, 0.1) is 0 Å². The summed E-state index contributed by atoms with van der Waals surface area (Å²) in [5.41, 5.74) is 1.69. The van der Waals surface area contributed by atoms with Crippen molar-refractivity contribution in [1.82, 2.24) is 9.97 Å². The second-order valence-corrected chi connectivity index (χ2v) is 4.81. The van der Waals surface area contributed by atoms with Crippen LogP contribution < -0.4 is 0 Å². The lowest BCUT2D eigenvalue weighted by molar-refractivity contribution is 0.627. The zero-order valence-electron chi connectivity index (χ0n) is 9.85. The molecule has 2 heterocycles. The second kappa shape index (κ2) is 4.53. The lowest BCUT2D eigenvalue weighted by Gasteiger charge is -2.00. The largest absolute Gasteiger partial charge is 0.454 e. The van der Waals surface area contributed by atoms with E-state index >= 15 is 0 Å². The second-order valence-electron chi connectivity index (χ2n) is 3.99. The maximum absolute atomic E-state index is 5.80. The van der Waals surface area contributed by atoms with Crippen molar-refractivity contribution < 1.29 is 4.42 Å². The molecule has 0 saturated carbocycles. The summed E-state index contributed by atoms with van der Waals surface area (Å²) >= 11 is 3.40. The molecule has 0 aliphatic carbocycles. The zero-order chi connectivity index (χ0) is 12.5. The van der Waals surface area contributed by atoms with Gasteiger partial charge in [0.1, 0.15) is 21.7 Å². The Morgan fingerprint density at radius 1 is 1.17 bits per heavy atom. The van der Waals surface area contributed by atoms with Crippen LogP contribution in [-0.2, 0) is 6.42 Å². The summed E-state index contributed by atoms with van der Waals surface area (Å²) in [5, 5.41) is 1.08. The van der Waals surface area contributed by atoms with Crippen LogP contribution in [0.2, 0.25) is 0 Å². The number of rotatable bonds is 2. The molecule has 1 aromatic carbocycles. The minimum Gasteiger partial charge on any atom is -0.454 e. The number of nitrogens with zero attached hydrogens (tertiary/aromatic N) is 2. The summed E-state index contributed by atoms with van der Waals surface area (Å²) in [6.45, 7) is 2.03. The highest BCUT2D eigenvalue weighted by atomic mass is 79.9. The molecular formula is C14H11BrN2O. The number of para-hydroxylation sites is 1. The van der Waals surface area contributed by atoms with Crippen LogP contribution in [0.15, 0.2) is 45.4 Å². The minimum atomic E-state index is 0.772. The van der Waals surface area contributed by atoms with E-state index < -0.39 is 0 Å². The van der Waals surface area contributed by atoms with Crippen LogP contribution >= 0.6 is 15.9 Å². The van der Waals surface area contributed by atoms with Gasteiger partial charge in [-0.15, -0.1) is 0 Å². The lowest BCUT2D eigenvalue weighted by atomic mass is 10.2. The molecule has 3 nitrogen and oxygen atoms in total. The molecule has 0 radical (unpaired) electrons. The van der Waals surface area contributed by atoms with E-state index in [1.54, 1.807) is 0 Å². The van der Waals surface area contributed by atoms with Crippen LogP contribution in [0.5, 0.6) is 0 Å². The van der Waals surface area contributed by atoms with Gasteiger partial charge in [-0.2, -0.15) is 0 Å². The van der Waals surface area contributed by atoms with Crippen molar-refractivity contribution in [1.29, 1.82) is 0 Å². The average Bonchev–Trinajstić information content (AvgIpc) is 2.81. The normalized spacial score (nSPS) is 11.0. The Bertz CT molecular complexity index is 673. The summed E-state index contributed by atoms with van der Waals surface area (Å²) in [6.07, 6.45) is 0.798. The minimum absolute atomic E-state index is 0.772. The molecule has 3 aromatic rings. The monoisotopic (exact) mass is 302 g/mol. The maximum Gasteiger partial charge on any atom is 0.153 e. The van der Waals surface area contributed by atoms with E-state index in [1.165, 1.54) is 0 Å². The Hall–Kier alpha value is -1.68. The SMILES string of the molecule is CCc1nc(Br)cc(-c2cc3ccccc3o2)n1. The maximum atomic E-state index is 5.80. The predicted molar refractivity (Wildman–Crippen MR) is 74.3 cm³/mol.